The molecular formula is C30H46N2O6. The molecule has 0 aromatic rings. The molecule has 4 heterocycles. The number of amides is 2. The van der Waals surface area contributed by atoms with Crippen molar-refractivity contribution in [3.63, 3.8) is 0 Å². The molecule has 8 heteroatoms. The molecule has 1 spiro atoms. The average molecular weight is 531 g/mol. The fourth-order valence-electron chi connectivity index (χ4n) is 7.37. The van der Waals surface area contributed by atoms with Gasteiger partial charge in [0.1, 0.15) is 17.6 Å². The highest BCUT2D eigenvalue weighted by atomic mass is 16.6. The Bertz CT molecular complexity index is 997. The van der Waals surface area contributed by atoms with Crippen LogP contribution in [-0.4, -0.2) is 81.8 Å². The van der Waals surface area contributed by atoms with Crippen LogP contribution in [0.5, 0.6) is 0 Å². The Morgan fingerprint density at radius 3 is 2.42 bits per heavy atom. The van der Waals surface area contributed by atoms with Crippen LogP contribution in [0.25, 0.3) is 0 Å². The molecule has 0 bridgehead atoms. The van der Waals surface area contributed by atoms with E-state index in [0.29, 0.717) is 32.5 Å². The molecule has 212 valence electrons. The van der Waals surface area contributed by atoms with E-state index in [1.54, 1.807) is 4.90 Å². The number of carbonyl (C=O) groups excluding carboxylic acids is 3. The number of aliphatic hydroxyl groups excluding tert-OH is 1. The molecular weight excluding hydrogens is 484 g/mol. The van der Waals surface area contributed by atoms with E-state index >= 15 is 0 Å². The van der Waals surface area contributed by atoms with Gasteiger partial charge in [-0.25, -0.2) is 0 Å². The molecule has 4 aliphatic rings. The van der Waals surface area contributed by atoms with Crippen LogP contribution in [0.3, 0.4) is 0 Å². The predicted octanol–water partition coefficient (Wildman–Crippen LogP) is 3.63. The molecule has 1 unspecified atom stereocenters. The number of nitrogens with zero attached hydrogens (tertiary/aromatic N) is 2. The molecule has 38 heavy (non-hydrogen) atoms. The summed E-state index contributed by atoms with van der Waals surface area (Å²) in [7, 11) is 0. The number of hydrogen-bond donors (Lipinski definition) is 1. The van der Waals surface area contributed by atoms with Gasteiger partial charge in [0.2, 0.25) is 11.8 Å². The van der Waals surface area contributed by atoms with Crippen LogP contribution in [0.2, 0.25) is 0 Å². The first-order chi connectivity index (χ1) is 17.8. The number of aliphatic hydroxyl groups is 1. The quantitative estimate of drug-likeness (QED) is 0.320. The predicted molar refractivity (Wildman–Crippen MR) is 144 cm³/mol. The molecule has 0 saturated carbocycles. The lowest BCUT2D eigenvalue weighted by Crippen LogP contribution is -2.60. The van der Waals surface area contributed by atoms with Crippen molar-refractivity contribution >= 4 is 17.8 Å². The average Bonchev–Trinajstić information content (AvgIpc) is 3.11. The fourth-order valence-corrected chi connectivity index (χ4v) is 7.37. The Morgan fingerprint density at radius 1 is 1.00 bits per heavy atom. The summed E-state index contributed by atoms with van der Waals surface area (Å²) in [5.74, 6) is -2.58. The Kier molecular flexibility index (Phi) is 7.90. The number of rotatable bonds is 6. The van der Waals surface area contributed by atoms with Crippen molar-refractivity contribution in [3.05, 3.63) is 24.3 Å². The Morgan fingerprint density at radius 2 is 1.74 bits per heavy atom. The van der Waals surface area contributed by atoms with Gasteiger partial charge in [0, 0.05) is 25.2 Å². The standard InChI is InChI=1S/C30H46N2O6/c1-27(2,3)20-28(4,5)32-17-13-15-30-21(24(34)31(16-10-11-18-33)23(30)25(32)35)22-26(36)37-19-12-8-7-9-14-29(22,6)38-30/h9,13-15,21-23,33H,7-8,10-12,16-20H2,1-6H3/b14-9-/t21-,22-,23?,29+,30-/m0/s1. The third kappa shape index (κ3) is 5.06. The van der Waals surface area contributed by atoms with Gasteiger partial charge in [-0.15, -0.1) is 0 Å². The zero-order valence-electron chi connectivity index (χ0n) is 24.0. The minimum absolute atomic E-state index is 0.00811. The Hall–Kier alpha value is -2.19. The normalized spacial score (nSPS) is 34.9. The summed E-state index contributed by atoms with van der Waals surface area (Å²) in [5.41, 5.74) is -2.84. The van der Waals surface area contributed by atoms with Crippen molar-refractivity contribution in [1.29, 1.82) is 0 Å². The van der Waals surface area contributed by atoms with Gasteiger partial charge in [0.15, 0.2) is 0 Å². The number of likely N-dealkylation sites (tertiary alicyclic amines) is 1. The molecule has 1 N–H and O–H groups in total. The molecule has 2 saturated heterocycles. The maximum atomic E-state index is 14.6. The number of hydrogen-bond acceptors (Lipinski definition) is 6. The number of allylic oxidation sites excluding steroid dienone is 1. The Labute approximate surface area is 227 Å². The topological polar surface area (TPSA) is 96.4 Å². The van der Waals surface area contributed by atoms with Crippen molar-refractivity contribution in [1.82, 2.24) is 9.80 Å². The van der Waals surface area contributed by atoms with Crippen LogP contribution >= 0.6 is 0 Å². The van der Waals surface area contributed by atoms with Gasteiger partial charge >= 0.3 is 5.97 Å². The summed E-state index contributed by atoms with van der Waals surface area (Å²) < 4.78 is 12.5. The second kappa shape index (κ2) is 10.4. The summed E-state index contributed by atoms with van der Waals surface area (Å²) in [4.78, 5) is 45.8. The summed E-state index contributed by atoms with van der Waals surface area (Å²) in [6.07, 6.45) is 12.1. The molecule has 2 amide bonds. The molecule has 5 atom stereocenters. The van der Waals surface area contributed by atoms with Crippen molar-refractivity contribution < 1.29 is 29.0 Å². The van der Waals surface area contributed by atoms with Gasteiger partial charge in [-0.3, -0.25) is 14.4 Å². The SMILES string of the molecule is CC(C)(C)CC(C)(C)N1CC=C[C@]23O[C@]4(C)/C=C\CCCCOC(=O)[C@@H]4[C@H]2C(=O)N(CCCCO)C3C1=O. The number of unbranched alkanes of at least 4 members (excludes halogenated alkanes) is 1. The first kappa shape index (κ1) is 28.8. The number of cyclic esters (lactones) is 1. The van der Waals surface area contributed by atoms with E-state index in [4.69, 9.17) is 9.47 Å². The molecule has 2 fully saturated rings. The smallest absolute Gasteiger partial charge is 0.313 e. The number of fused-ring (bicyclic) bond motifs is 2. The zero-order valence-corrected chi connectivity index (χ0v) is 24.0. The molecule has 0 aliphatic carbocycles. The van der Waals surface area contributed by atoms with Crippen LogP contribution in [0.4, 0.5) is 0 Å². The van der Waals surface area contributed by atoms with E-state index in [0.717, 1.165) is 25.7 Å². The van der Waals surface area contributed by atoms with E-state index in [1.165, 1.54) is 0 Å². The number of ether oxygens (including phenoxy) is 2. The zero-order chi connectivity index (χ0) is 27.9. The van der Waals surface area contributed by atoms with Gasteiger partial charge in [-0.2, -0.15) is 0 Å². The van der Waals surface area contributed by atoms with E-state index in [1.807, 2.05) is 36.1 Å². The largest absolute Gasteiger partial charge is 0.465 e. The van der Waals surface area contributed by atoms with Crippen molar-refractivity contribution in [2.75, 3.05) is 26.3 Å². The van der Waals surface area contributed by atoms with E-state index in [2.05, 4.69) is 34.6 Å². The van der Waals surface area contributed by atoms with Crippen molar-refractivity contribution in [2.24, 2.45) is 17.3 Å². The third-order valence-corrected chi connectivity index (χ3v) is 8.50. The lowest BCUT2D eigenvalue weighted by atomic mass is 9.74. The van der Waals surface area contributed by atoms with E-state index in [9.17, 15) is 19.5 Å². The van der Waals surface area contributed by atoms with Crippen molar-refractivity contribution in [3.8, 4) is 0 Å². The summed E-state index contributed by atoms with van der Waals surface area (Å²) in [6, 6.07) is -0.896. The molecule has 8 nitrogen and oxygen atoms in total. The van der Waals surface area contributed by atoms with Gasteiger partial charge < -0.3 is 24.4 Å². The highest BCUT2D eigenvalue weighted by Gasteiger charge is 2.74. The van der Waals surface area contributed by atoms with E-state index in [-0.39, 0.29) is 23.8 Å². The van der Waals surface area contributed by atoms with E-state index < -0.39 is 40.6 Å². The van der Waals surface area contributed by atoms with Gasteiger partial charge in [-0.05, 0) is 64.7 Å². The molecule has 4 rings (SSSR count). The van der Waals surface area contributed by atoms with Gasteiger partial charge in [0.25, 0.3) is 0 Å². The van der Waals surface area contributed by atoms with Crippen LogP contribution in [-0.2, 0) is 23.9 Å². The minimum atomic E-state index is -1.28. The second-order valence-corrected chi connectivity index (χ2v) is 13.4. The number of esters is 1. The first-order valence-electron chi connectivity index (χ1n) is 14.2. The lowest BCUT2D eigenvalue weighted by molar-refractivity contribution is -0.161. The maximum absolute atomic E-state index is 14.6. The highest BCUT2D eigenvalue weighted by molar-refractivity contribution is 5.99. The van der Waals surface area contributed by atoms with Crippen molar-refractivity contribution in [2.45, 2.75) is 103 Å². The molecule has 4 aliphatic heterocycles. The lowest BCUT2D eigenvalue weighted by Gasteiger charge is -2.45. The molecule has 0 aromatic carbocycles. The van der Waals surface area contributed by atoms with Crippen LogP contribution < -0.4 is 0 Å². The second-order valence-electron chi connectivity index (χ2n) is 13.4. The monoisotopic (exact) mass is 530 g/mol. The Balaban J connectivity index is 1.82. The molecule has 0 radical (unpaired) electrons. The maximum Gasteiger partial charge on any atom is 0.313 e. The molecule has 0 aromatic heterocycles. The van der Waals surface area contributed by atoms with Crippen LogP contribution in [0.15, 0.2) is 24.3 Å². The first-order valence-corrected chi connectivity index (χ1v) is 14.2. The summed E-state index contributed by atoms with van der Waals surface area (Å²) in [6.45, 7) is 13.5. The summed E-state index contributed by atoms with van der Waals surface area (Å²) >= 11 is 0. The van der Waals surface area contributed by atoms with Gasteiger partial charge in [-0.1, -0.05) is 45.1 Å². The number of carbonyl (C=O) groups is 3. The third-order valence-electron chi connectivity index (χ3n) is 8.50. The van der Waals surface area contributed by atoms with Gasteiger partial charge in [0.05, 0.1) is 18.1 Å². The summed E-state index contributed by atoms with van der Waals surface area (Å²) in [5, 5.41) is 9.40. The van der Waals surface area contributed by atoms with Crippen LogP contribution in [0.1, 0.15) is 80.1 Å². The fraction of sp³-hybridized carbons (Fsp3) is 0.767. The highest BCUT2D eigenvalue weighted by Crippen LogP contribution is 2.57. The minimum Gasteiger partial charge on any atom is -0.465 e. The van der Waals surface area contributed by atoms with Crippen LogP contribution in [0, 0.1) is 17.3 Å².